The molecule has 2 N–H and O–H groups in total. The zero-order valence-electron chi connectivity index (χ0n) is 10.5. The van der Waals surface area contributed by atoms with Gasteiger partial charge in [-0.15, -0.1) is 0 Å². The van der Waals surface area contributed by atoms with Crippen molar-refractivity contribution in [3.05, 3.63) is 28.7 Å². The predicted molar refractivity (Wildman–Crippen MR) is 73.2 cm³/mol. The minimum Gasteiger partial charge on any atom is -0.484 e. The summed E-state index contributed by atoms with van der Waals surface area (Å²) in [6, 6.07) is 7.15. The van der Waals surface area contributed by atoms with Crippen molar-refractivity contribution in [2.24, 2.45) is 11.8 Å². The van der Waals surface area contributed by atoms with E-state index in [0.29, 0.717) is 11.7 Å². The molecule has 2 unspecified atom stereocenters. The topological polar surface area (TPSA) is 67.4 Å². The second-order valence-electron chi connectivity index (χ2n) is 4.60. The maximum Gasteiger partial charge on any atom is 0.276 e. The lowest BCUT2D eigenvalue weighted by molar-refractivity contribution is -0.130. The Bertz CT molecular complexity index is 475. The third-order valence-electron chi connectivity index (χ3n) is 2.95. The van der Waals surface area contributed by atoms with E-state index < -0.39 is 0 Å². The minimum atomic E-state index is -0.385. The highest BCUT2D eigenvalue weighted by molar-refractivity contribution is 9.10. The Balaban J connectivity index is 1.67. The van der Waals surface area contributed by atoms with Crippen LogP contribution in [0.2, 0.25) is 0 Å². The monoisotopic (exact) mass is 326 g/mol. The zero-order valence-corrected chi connectivity index (χ0v) is 12.1. The molecule has 2 amide bonds. The third kappa shape index (κ3) is 4.24. The van der Waals surface area contributed by atoms with Crippen LogP contribution in [-0.4, -0.2) is 18.4 Å². The Hall–Kier alpha value is -1.56. The number of halogens is 1. The second-order valence-corrected chi connectivity index (χ2v) is 5.52. The van der Waals surface area contributed by atoms with Gasteiger partial charge in [-0.25, -0.2) is 0 Å². The van der Waals surface area contributed by atoms with Gasteiger partial charge < -0.3 is 4.74 Å². The number of carbonyl (C=O) groups is 2. The first-order valence-corrected chi connectivity index (χ1v) is 6.82. The Morgan fingerprint density at radius 3 is 2.53 bits per heavy atom. The van der Waals surface area contributed by atoms with Gasteiger partial charge in [0.15, 0.2) is 6.61 Å². The molecule has 0 bridgehead atoms. The third-order valence-corrected chi connectivity index (χ3v) is 3.48. The number of benzene rings is 1. The summed E-state index contributed by atoms with van der Waals surface area (Å²) in [7, 11) is 0. The molecule has 19 heavy (non-hydrogen) atoms. The molecule has 0 aliphatic heterocycles. The van der Waals surface area contributed by atoms with Gasteiger partial charge in [0.1, 0.15) is 5.75 Å². The molecule has 0 saturated heterocycles. The molecule has 1 aliphatic carbocycles. The zero-order chi connectivity index (χ0) is 13.8. The smallest absolute Gasteiger partial charge is 0.276 e. The number of hydrogen-bond donors (Lipinski definition) is 2. The van der Waals surface area contributed by atoms with Gasteiger partial charge in [-0.1, -0.05) is 22.9 Å². The number of carbonyl (C=O) groups excluding carboxylic acids is 2. The molecule has 0 aromatic heterocycles. The van der Waals surface area contributed by atoms with Gasteiger partial charge in [0.2, 0.25) is 5.91 Å². The van der Waals surface area contributed by atoms with Crippen LogP contribution in [0.15, 0.2) is 28.7 Å². The fourth-order valence-electron chi connectivity index (χ4n) is 1.63. The molecule has 0 radical (unpaired) electrons. The number of rotatable bonds is 4. The first kappa shape index (κ1) is 13.9. The summed E-state index contributed by atoms with van der Waals surface area (Å²) in [6.07, 6.45) is 0.886. The van der Waals surface area contributed by atoms with Crippen LogP contribution in [0, 0.1) is 11.8 Å². The maximum absolute atomic E-state index is 11.5. The van der Waals surface area contributed by atoms with Crippen LogP contribution in [0.25, 0.3) is 0 Å². The molecule has 2 rings (SSSR count). The van der Waals surface area contributed by atoms with Gasteiger partial charge >= 0.3 is 0 Å². The standard InChI is InChI=1S/C13H15BrN2O3/c1-8-6-11(8)13(18)16-15-12(17)7-19-10-4-2-9(14)3-5-10/h2-5,8,11H,6-7H2,1H3,(H,15,17)(H,16,18). The molecule has 1 aromatic carbocycles. The Morgan fingerprint density at radius 2 is 1.95 bits per heavy atom. The van der Waals surface area contributed by atoms with Crippen molar-refractivity contribution in [3.8, 4) is 5.75 Å². The van der Waals surface area contributed by atoms with Gasteiger partial charge in [0.05, 0.1) is 0 Å². The molecule has 102 valence electrons. The molecule has 1 aliphatic rings. The summed E-state index contributed by atoms with van der Waals surface area (Å²) >= 11 is 3.31. The molecule has 0 heterocycles. The van der Waals surface area contributed by atoms with E-state index in [2.05, 4.69) is 26.8 Å². The van der Waals surface area contributed by atoms with E-state index in [9.17, 15) is 9.59 Å². The second kappa shape index (κ2) is 6.06. The molecule has 2 atom stereocenters. The highest BCUT2D eigenvalue weighted by Gasteiger charge is 2.39. The van der Waals surface area contributed by atoms with Gasteiger partial charge in [0, 0.05) is 10.4 Å². The average Bonchev–Trinajstić information content (AvgIpc) is 3.12. The van der Waals surface area contributed by atoms with Gasteiger partial charge in [0.25, 0.3) is 5.91 Å². The van der Waals surface area contributed by atoms with Gasteiger partial charge in [-0.2, -0.15) is 0 Å². The van der Waals surface area contributed by atoms with E-state index in [0.717, 1.165) is 10.9 Å². The van der Waals surface area contributed by atoms with E-state index in [1.54, 1.807) is 12.1 Å². The van der Waals surface area contributed by atoms with Crippen molar-refractivity contribution in [3.63, 3.8) is 0 Å². The number of amides is 2. The van der Waals surface area contributed by atoms with E-state index in [-0.39, 0.29) is 24.3 Å². The lowest BCUT2D eigenvalue weighted by Crippen LogP contribution is -2.44. The maximum atomic E-state index is 11.5. The minimum absolute atomic E-state index is 0.0349. The summed E-state index contributed by atoms with van der Waals surface area (Å²) in [4.78, 5) is 22.9. The summed E-state index contributed by atoms with van der Waals surface area (Å²) in [5.41, 5.74) is 4.73. The lowest BCUT2D eigenvalue weighted by Gasteiger charge is -2.08. The normalized spacial score (nSPS) is 20.5. The quantitative estimate of drug-likeness (QED) is 0.826. The summed E-state index contributed by atoms with van der Waals surface area (Å²) in [6.45, 7) is 1.87. The molecule has 1 saturated carbocycles. The van der Waals surface area contributed by atoms with Crippen molar-refractivity contribution in [2.45, 2.75) is 13.3 Å². The molecule has 1 aromatic rings. The number of hydrazine groups is 1. The van der Waals surface area contributed by atoms with E-state index in [4.69, 9.17) is 4.74 Å². The summed E-state index contributed by atoms with van der Waals surface area (Å²) in [5, 5.41) is 0. The molecule has 0 spiro atoms. The van der Waals surface area contributed by atoms with Crippen LogP contribution < -0.4 is 15.6 Å². The first-order chi connectivity index (χ1) is 9.06. The van der Waals surface area contributed by atoms with Crippen LogP contribution in [0.5, 0.6) is 5.75 Å². The molecule has 1 fully saturated rings. The molecular formula is C13H15BrN2O3. The fourth-order valence-corrected chi connectivity index (χ4v) is 1.89. The van der Waals surface area contributed by atoms with Crippen LogP contribution in [0.3, 0.4) is 0 Å². The van der Waals surface area contributed by atoms with Gasteiger partial charge in [-0.05, 0) is 36.6 Å². The van der Waals surface area contributed by atoms with Crippen LogP contribution in [0.4, 0.5) is 0 Å². The SMILES string of the molecule is CC1CC1C(=O)NNC(=O)COc1ccc(Br)cc1. The highest BCUT2D eigenvalue weighted by Crippen LogP contribution is 2.37. The Labute approximate surface area is 119 Å². The fraction of sp³-hybridized carbons (Fsp3) is 0.385. The van der Waals surface area contributed by atoms with Crippen molar-refractivity contribution in [1.29, 1.82) is 0 Å². The van der Waals surface area contributed by atoms with Crippen molar-refractivity contribution >= 4 is 27.7 Å². The van der Waals surface area contributed by atoms with E-state index >= 15 is 0 Å². The lowest BCUT2D eigenvalue weighted by atomic mass is 10.3. The predicted octanol–water partition coefficient (Wildman–Crippen LogP) is 1.63. The van der Waals surface area contributed by atoms with Crippen molar-refractivity contribution in [2.75, 3.05) is 6.61 Å². The van der Waals surface area contributed by atoms with E-state index in [1.807, 2.05) is 19.1 Å². The van der Waals surface area contributed by atoms with Crippen molar-refractivity contribution < 1.29 is 14.3 Å². The number of ether oxygens (including phenoxy) is 1. The first-order valence-electron chi connectivity index (χ1n) is 6.03. The summed E-state index contributed by atoms with van der Waals surface area (Å²) < 4.78 is 6.21. The van der Waals surface area contributed by atoms with E-state index in [1.165, 1.54) is 0 Å². The number of nitrogens with one attached hydrogen (secondary N) is 2. The Morgan fingerprint density at radius 1 is 1.32 bits per heavy atom. The van der Waals surface area contributed by atoms with Crippen LogP contribution in [0.1, 0.15) is 13.3 Å². The van der Waals surface area contributed by atoms with Crippen molar-refractivity contribution in [1.82, 2.24) is 10.9 Å². The van der Waals surface area contributed by atoms with Crippen LogP contribution in [-0.2, 0) is 9.59 Å². The largest absolute Gasteiger partial charge is 0.484 e. The number of hydrogen-bond acceptors (Lipinski definition) is 3. The van der Waals surface area contributed by atoms with Gasteiger partial charge in [-0.3, -0.25) is 20.4 Å². The average molecular weight is 327 g/mol. The van der Waals surface area contributed by atoms with Crippen LogP contribution >= 0.6 is 15.9 Å². The summed E-state index contributed by atoms with van der Waals surface area (Å²) in [5.74, 6) is 0.526. The molecular weight excluding hydrogens is 312 g/mol. The molecule has 6 heteroatoms. The Kier molecular flexibility index (Phi) is 4.42. The highest BCUT2D eigenvalue weighted by atomic mass is 79.9. The molecule has 5 nitrogen and oxygen atoms in total.